The number of rotatable bonds is 9. The van der Waals surface area contributed by atoms with Crippen molar-refractivity contribution in [2.24, 2.45) is 0 Å². The second kappa shape index (κ2) is 10.6. The van der Waals surface area contributed by atoms with E-state index < -0.39 is 10.0 Å². The maximum atomic E-state index is 12.9. The fourth-order valence-corrected chi connectivity index (χ4v) is 4.95. The number of methoxy groups -OCH3 is 1. The van der Waals surface area contributed by atoms with E-state index in [4.69, 9.17) is 16.3 Å². The minimum Gasteiger partial charge on any atom is -0.495 e. The molecule has 0 fully saturated rings. The number of halogens is 1. The zero-order chi connectivity index (χ0) is 22.3. The highest BCUT2D eigenvalue weighted by Crippen LogP contribution is 2.29. The molecule has 0 atom stereocenters. The van der Waals surface area contributed by atoms with Crippen LogP contribution in [-0.4, -0.2) is 27.2 Å². The maximum Gasteiger partial charge on any atom is 0.265 e. The van der Waals surface area contributed by atoms with Gasteiger partial charge in [-0.25, -0.2) is 8.42 Å². The molecule has 3 aromatic carbocycles. The summed E-state index contributed by atoms with van der Waals surface area (Å²) in [6, 6.07) is 20.6. The van der Waals surface area contributed by atoms with E-state index in [0.717, 1.165) is 4.90 Å². The largest absolute Gasteiger partial charge is 0.495 e. The van der Waals surface area contributed by atoms with Crippen molar-refractivity contribution in [2.45, 2.75) is 16.2 Å². The lowest BCUT2D eigenvalue weighted by molar-refractivity contribution is -0.115. The molecule has 31 heavy (non-hydrogen) atoms. The van der Waals surface area contributed by atoms with Crippen LogP contribution in [0.5, 0.6) is 5.75 Å². The van der Waals surface area contributed by atoms with Crippen molar-refractivity contribution in [1.82, 2.24) is 0 Å². The molecule has 9 heteroatoms. The molecular formula is C22H21ClN2O4S2. The van der Waals surface area contributed by atoms with E-state index in [1.165, 1.54) is 19.2 Å². The molecule has 0 heterocycles. The normalized spacial score (nSPS) is 11.0. The zero-order valence-electron chi connectivity index (χ0n) is 16.7. The Labute approximate surface area is 191 Å². The summed E-state index contributed by atoms with van der Waals surface area (Å²) in [4.78, 5) is 13.3. The van der Waals surface area contributed by atoms with E-state index in [0.29, 0.717) is 22.2 Å². The number of nitrogens with one attached hydrogen (secondary N) is 2. The number of ether oxygens (including phenoxy) is 1. The molecule has 0 spiro atoms. The fourth-order valence-electron chi connectivity index (χ4n) is 2.69. The lowest BCUT2D eigenvalue weighted by Gasteiger charge is -2.14. The van der Waals surface area contributed by atoms with Crippen LogP contribution in [0.25, 0.3) is 0 Å². The molecule has 0 saturated carbocycles. The summed E-state index contributed by atoms with van der Waals surface area (Å²) >= 11 is 7.43. The Bertz CT molecular complexity index is 1140. The van der Waals surface area contributed by atoms with Gasteiger partial charge in [0, 0.05) is 33.5 Å². The first-order chi connectivity index (χ1) is 14.9. The van der Waals surface area contributed by atoms with Gasteiger partial charge < -0.3 is 10.1 Å². The quantitative estimate of drug-likeness (QED) is 0.411. The third-order valence-corrected chi connectivity index (χ3v) is 6.84. The Morgan fingerprint density at radius 1 is 1.00 bits per heavy atom. The molecule has 3 rings (SSSR count). The Hall–Kier alpha value is -2.68. The second-order valence-corrected chi connectivity index (χ2v) is 9.69. The lowest BCUT2D eigenvalue weighted by Crippen LogP contribution is -2.16. The van der Waals surface area contributed by atoms with Gasteiger partial charge in [0.05, 0.1) is 7.11 Å². The van der Waals surface area contributed by atoms with Crippen LogP contribution in [0.1, 0.15) is 6.42 Å². The van der Waals surface area contributed by atoms with Crippen molar-refractivity contribution in [3.05, 3.63) is 77.8 Å². The van der Waals surface area contributed by atoms with Crippen molar-refractivity contribution in [3.63, 3.8) is 0 Å². The van der Waals surface area contributed by atoms with Crippen LogP contribution in [0.3, 0.4) is 0 Å². The summed E-state index contributed by atoms with van der Waals surface area (Å²) in [6.45, 7) is 0. The van der Waals surface area contributed by atoms with E-state index in [9.17, 15) is 13.2 Å². The predicted octanol–water partition coefficient (Wildman–Crippen LogP) is 5.27. The first-order valence-electron chi connectivity index (χ1n) is 9.31. The van der Waals surface area contributed by atoms with Gasteiger partial charge in [-0.15, -0.1) is 11.8 Å². The average molecular weight is 477 g/mol. The van der Waals surface area contributed by atoms with Crippen molar-refractivity contribution in [1.29, 1.82) is 0 Å². The minimum atomic E-state index is -3.95. The second-order valence-electron chi connectivity index (χ2n) is 6.44. The monoisotopic (exact) mass is 476 g/mol. The van der Waals surface area contributed by atoms with Gasteiger partial charge in [0.25, 0.3) is 10.0 Å². The molecule has 0 aliphatic carbocycles. The lowest BCUT2D eigenvalue weighted by atomic mass is 10.3. The van der Waals surface area contributed by atoms with E-state index in [1.54, 1.807) is 42.1 Å². The molecule has 0 bridgehead atoms. The van der Waals surface area contributed by atoms with Gasteiger partial charge in [-0.1, -0.05) is 29.8 Å². The number of amides is 1. The molecule has 0 aliphatic rings. The standard InChI is InChI=1S/C22H21ClN2O4S2/c1-29-20-12-11-18(24-22(26)13-14-30-19-5-3-2-4-6-19)15-21(20)31(27,28)25-17-9-7-16(23)8-10-17/h2-12,15,25H,13-14H2,1H3,(H,24,26). The molecule has 0 aromatic heterocycles. The molecule has 0 radical (unpaired) electrons. The third-order valence-electron chi connectivity index (χ3n) is 4.17. The van der Waals surface area contributed by atoms with Crippen molar-refractivity contribution in [3.8, 4) is 5.75 Å². The van der Waals surface area contributed by atoms with Gasteiger partial charge in [-0.3, -0.25) is 9.52 Å². The van der Waals surface area contributed by atoms with Crippen LogP contribution in [0.15, 0.2) is 82.6 Å². The number of carbonyl (C=O) groups excluding carboxylic acids is 1. The number of hydrogen-bond donors (Lipinski definition) is 2. The van der Waals surface area contributed by atoms with Crippen molar-refractivity contribution in [2.75, 3.05) is 22.9 Å². The van der Waals surface area contributed by atoms with E-state index in [-0.39, 0.29) is 23.0 Å². The maximum absolute atomic E-state index is 12.9. The first kappa shape index (κ1) is 23.0. The summed E-state index contributed by atoms with van der Waals surface area (Å²) in [6.07, 6.45) is 0.288. The topological polar surface area (TPSA) is 84.5 Å². The zero-order valence-corrected chi connectivity index (χ0v) is 19.1. The summed E-state index contributed by atoms with van der Waals surface area (Å²) in [5, 5.41) is 3.24. The third kappa shape index (κ3) is 6.65. The van der Waals surface area contributed by atoms with Crippen LogP contribution in [-0.2, 0) is 14.8 Å². The van der Waals surface area contributed by atoms with Crippen LogP contribution in [0, 0.1) is 0 Å². The van der Waals surface area contributed by atoms with Crippen molar-refractivity contribution >= 4 is 50.7 Å². The summed E-state index contributed by atoms with van der Waals surface area (Å²) in [5.74, 6) is 0.566. The molecule has 0 saturated heterocycles. The molecule has 162 valence electrons. The number of sulfonamides is 1. The molecule has 3 aromatic rings. The summed E-state index contributed by atoms with van der Waals surface area (Å²) < 4.78 is 33.5. The van der Waals surface area contributed by atoms with Crippen LogP contribution in [0.2, 0.25) is 5.02 Å². The summed E-state index contributed by atoms with van der Waals surface area (Å²) in [7, 11) is -2.57. The predicted molar refractivity (Wildman–Crippen MR) is 126 cm³/mol. The number of hydrogen-bond acceptors (Lipinski definition) is 5. The number of anilines is 2. The molecular weight excluding hydrogens is 456 g/mol. The highest BCUT2D eigenvalue weighted by Gasteiger charge is 2.21. The van der Waals surface area contributed by atoms with Gasteiger partial charge >= 0.3 is 0 Å². The number of thioether (sulfide) groups is 1. The van der Waals surface area contributed by atoms with Gasteiger partial charge in [-0.2, -0.15) is 0 Å². The first-order valence-corrected chi connectivity index (χ1v) is 12.2. The van der Waals surface area contributed by atoms with E-state index in [1.807, 2.05) is 30.3 Å². The van der Waals surface area contributed by atoms with Crippen LogP contribution in [0.4, 0.5) is 11.4 Å². The number of benzene rings is 3. The molecule has 0 unspecified atom stereocenters. The van der Waals surface area contributed by atoms with Crippen molar-refractivity contribution < 1.29 is 17.9 Å². The molecule has 2 N–H and O–H groups in total. The number of carbonyl (C=O) groups is 1. The Balaban J connectivity index is 1.69. The van der Waals surface area contributed by atoms with E-state index in [2.05, 4.69) is 10.0 Å². The Kier molecular flexibility index (Phi) is 7.84. The smallest absolute Gasteiger partial charge is 0.265 e. The molecule has 6 nitrogen and oxygen atoms in total. The van der Waals surface area contributed by atoms with Gasteiger partial charge in [0.2, 0.25) is 5.91 Å². The SMILES string of the molecule is COc1ccc(NC(=O)CCSc2ccccc2)cc1S(=O)(=O)Nc1ccc(Cl)cc1. The van der Waals surface area contributed by atoms with Gasteiger partial charge in [0.15, 0.2) is 0 Å². The highest BCUT2D eigenvalue weighted by atomic mass is 35.5. The molecule has 1 amide bonds. The van der Waals surface area contributed by atoms with Gasteiger partial charge in [0.1, 0.15) is 10.6 Å². The van der Waals surface area contributed by atoms with Crippen LogP contribution < -0.4 is 14.8 Å². The highest BCUT2D eigenvalue weighted by molar-refractivity contribution is 7.99. The van der Waals surface area contributed by atoms with E-state index >= 15 is 0 Å². The molecule has 0 aliphatic heterocycles. The minimum absolute atomic E-state index is 0.0820. The van der Waals surface area contributed by atoms with Gasteiger partial charge in [-0.05, 0) is 54.6 Å². The average Bonchev–Trinajstić information content (AvgIpc) is 2.76. The van der Waals surface area contributed by atoms with Crippen LogP contribution >= 0.6 is 23.4 Å². The fraction of sp³-hybridized carbons (Fsp3) is 0.136. The summed E-state index contributed by atoms with van der Waals surface area (Å²) in [5.41, 5.74) is 0.728. The Morgan fingerprint density at radius 3 is 2.35 bits per heavy atom. The Morgan fingerprint density at radius 2 is 1.68 bits per heavy atom.